The number of hydrogen-bond acceptors (Lipinski definition) is 4. The summed E-state index contributed by atoms with van der Waals surface area (Å²) in [6.07, 6.45) is 0. The van der Waals surface area contributed by atoms with E-state index in [2.05, 4.69) is 20.6 Å². The number of aromatic nitrogens is 2. The number of nitrogens with one attached hydrogen (secondary N) is 2. The van der Waals surface area contributed by atoms with Gasteiger partial charge in [0.1, 0.15) is 29.0 Å². The predicted molar refractivity (Wildman–Crippen MR) is 94.0 cm³/mol. The zero-order chi connectivity index (χ0) is 18.5. The average molecular weight is 354 g/mol. The highest BCUT2D eigenvalue weighted by molar-refractivity contribution is 5.93. The zero-order valence-corrected chi connectivity index (χ0v) is 14.0. The Morgan fingerprint density at radius 2 is 1.77 bits per heavy atom. The maximum absolute atomic E-state index is 13.3. The van der Waals surface area contributed by atoms with E-state index in [1.165, 1.54) is 30.3 Å². The molecule has 26 heavy (non-hydrogen) atoms. The molecule has 1 aromatic heterocycles. The van der Waals surface area contributed by atoms with E-state index in [1.54, 1.807) is 31.2 Å². The Morgan fingerprint density at radius 1 is 1.00 bits per heavy atom. The molecule has 132 valence electrons. The second-order valence-corrected chi connectivity index (χ2v) is 5.63. The summed E-state index contributed by atoms with van der Waals surface area (Å²) in [5, 5.41) is 5.67. The van der Waals surface area contributed by atoms with Crippen LogP contribution in [-0.2, 0) is 6.54 Å². The highest BCUT2D eigenvalue weighted by Crippen LogP contribution is 2.16. The molecule has 5 nitrogen and oxygen atoms in total. The molecule has 0 saturated carbocycles. The van der Waals surface area contributed by atoms with Gasteiger partial charge in [0.15, 0.2) is 0 Å². The molecule has 3 rings (SSSR count). The van der Waals surface area contributed by atoms with Gasteiger partial charge in [-0.1, -0.05) is 18.2 Å². The normalized spacial score (nSPS) is 10.4. The standard InChI is InChI=1S/C19H16F2N4O/c1-12-23-17(19(26)22-11-13-5-7-14(20)8-6-13)10-18(24-12)25-16-4-2-3-15(21)9-16/h2-10H,11H2,1H3,(H,22,26)(H,23,24,25). The van der Waals surface area contributed by atoms with Gasteiger partial charge in [0.25, 0.3) is 5.91 Å². The SMILES string of the molecule is Cc1nc(Nc2cccc(F)c2)cc(C(=O)NCc2ccc(F)cc2)n1. The summed E-state index contributed by atoms with van der Waals surface area (Å²) in [6, 6.07) is 13.3. The van der Waals surface area contributed by atoms with E-state index in [0.717, 1.165) is 5.56 Å². The largest absolute Gasteiger partial charge is 0.347 e. The van der Waals surface area contributed by atoms with Gasteiger partial charge in [-0.15, -0.1) is 0 Å². The lowest BCUT2D eigenvalue weighted by atomic mass is 10.2. The molecular formula is C19H16F2N4O. The summed E-state index contributed by atoms with van der Waals surface area (Å²) >= 11 is 0. The molecule has 0 aliphatic rings. The number of carbonyl (C=O) groups is 1. The van der Waals surface area contributed by atoms with Crippen LogP contribution in [0, 0.1) is 18.6 Å². The van der Waals surface area contributed by atoms with E-state index in [-0.39, 0.29) is 29.8 Å². The maximum Gasteiger partial charge on any atom is 0.270 e. The quantitative estimate of drug-likeness (QED) is 0.733. The van der Waals surface area contributed by atoms with Crippen LogP contribution in [0.5, 0.6) is 0 Å². The number of amides is 1. The minimum atomic E-state index is -0.387. The minimum Gasteiger partial charge on any atom is -0.347 e. The van der Waals surface area contributed by atoms with Crippen LogP contribution < -0.4 is 10.6 Å². The molecule has 0 radical (unpaired) electrons. The van der Waals surface area contributed by atoms with E-state index in [4.69, 9.17) is 0 Å². The van der Waals surface area contributed by atoms with E-state index in [9.17, 15) is 13.6 Å². The summed E-state index contributed by atoms with van der Waals surface area (Å²) in [6.45, 7) is 1.91. The molecule has 0 saturated heterocycles. The highest BCUT2D eigenvalue weighted by Gasteiger charge is 2.11. The number of halogens is 2. The third-order valence-electron chi connectivity index (χ3n) is 3.53. The first-order chi connectivity index (χ1) is 12.5. The van der Waals surface area contributed by atoms with Crippen LogP contribution in [0.2, 0.25) is 0 Å². The minimum absolute atomic E-state index is 0.179. The van der Waals surface area contributed by atoms with Crippen molar-refractivity contribution in [2.45, 2.75) is 13.5 Å². The molecule has 7 heteroatoms. The van der Waals surface area contributed by atoms with Crippen LogP contribution in [0.25, 0.3) is 0 Å². The van der Waals surface area contributed by atoms with Crippen molar-refractivity contribution >= 4 is 17.4 Å². The van der Waals surface area contributed by atoms with Gasteiger partial charge in [-0.2, -0.15) is 0 Å². The van der Waals surface area contributed by atoms with Crippen LogP contribution >= 0.6 is 0 Å². The van der Waals surface area contributed by atoms with Crippen molar-refractivity contribution < 1.29 is 13.6 Å². The van der Waals surface area contributed by atoms with Crippen LogP contribution in [0.4, 0.5) is 20.3 Å². The predicted octanol–water partition coefficient (Wildman–Crippen LogP) is 3.74. The number of rotatable bonds is 5. The Morgan fingerprint density at radius 3 is 2.50 bits per heavy atom. The van der Waals surface area contributed by atoms with E-state index < -0.39 is 0 Å². The fourth-order valence-electron chi connectivity index (χ4n) is 2.34. The summed E-state index contributed by atoms with van der Waals surface area (Å²) < 4.78 is 26.2. The molecule has 2 N–H and O–H groups in total. The second-order valence-electron chi connectivity index (χ2n) is 5.63. The molecular weight excluding hydrogens is 338 g/mol. The Kier molecular flexibility index (Phi) is 5.17. The van der Waals surface area contributed by atoms with Crippen molar-refractivity contribution in [1.82, 2.24) is 15.3 Å². The van der Waals surface area contributed by atoms with E-state index in [0.29, 0.717) is 17.3 Å². The lowest BCUT2D eigenvalue weighted by molar-refractivity contribution is 0.0945. The molecule has 0 aliphatic carbocycles. The summed E-state index contributed by atoms with van der Waals surface area (Å²) in [5.74, 6) is -0.312. The van der Waals surface area contributed by atoms with Crippen molar-refractivity contribution in [3.8, 4) is 0 Å². The lowest BCUT2D eigenvalue weighted by Crippen LogP contribution is -2.24. The van der Waals surface area contributed by atoms with E-state index >= 15 is 0 Å². The number of carbonyl (C=O) groups excluding carboxylic acids is 1. The van der Waals surface area contributed by atoms with Gasteiger partial charge in [-0.05, 0) is 42.8 Å². The summed E-state index contributed by atoms with van der Waals surface area (Å²) in [7, 11) is 0. The lowest BCUT2D eigenvalue weighted by Gasteiger charge is -2.09. The molecule has 2 aromatic carbocycles. The molecule has 0 aliphatic heterocycles. The fourth-order valence-corrected chi connectivity index (χ4v) is 2.34. The van der Waals surface area contributed by atoms with Crippen molar-refractivity contribution in [3.63, 3.8) is 0 Å². The van der Waals surface area contributed by atoms with Crippen LogP contribution in [-0.4, -0.2) is 15.9 Å². The summed E-state index contributed by atoms with van der Waals surface area (Å²) in [5.41, 5.74) is 1.46. The van der Waals surface area contributed by atoms with Gasteiger partial charge >= 0.3 is 0 Å². The third kappa shape index (κ3) is 4.60. The monoisotopic (exact) mass is 354 g/mol. The Bertz CT molecular complexity index is 929. The van der Waals surface area contributed by atoms with Crippen LogP contribution in [0.3, 0.4) is 0 Å². The Hall–Kier alpha value is -3.35. The molecule has 0 spiro atoms. The van der Waals surface area contributed by atoms with Crippen molar-refractivity contribution in [3.05, 3.63) is 83.3 Å². The Labute approximate surface area is 149 Å². The number of anilines is 2. The van der Waals surface area contributed by atoms with Gasteiger partial charge in [0.2, 0.25) is 0 Å². The molecule has 1 heterocycles. The molecule has 0 fully saturated rings. The molecule has 0 atom stereocenters. The molecule has 0 unspecified atom stereocenters. The van der Waals surface area contributed by atoms with Crippen LogP contribution in [0.15, 0.2) is 54.6 Å². The van der Waals surface area contributed by atoms with Crippen LogP contribution in [0.1, 0.15) is 21.9 Å². The fraction of sp³-hybridized carbons (Fsp3) is 0.105. The van der Waals surface area contributed by atoms with Crippen molar-refractivity contribution in [1.29, 1.82) is 0 Å². The second kappa shape index (κ2) is 7.69. The first-order valence-electron chi connectivity index (χ1n) is 7.90. The van der Waals surface area contributed by atoms with Gasteiger partial charge in [-0.25, -0.2) is 18.7 Å². The molecule has 0 bridgehead atoms. The number of benzene rings is 2. The van der Waals surface area contributed by atoms with Crippen molar-refractivity contribution in [2.24, 2.45) is 0 Å². The van der Waals surface area contributed by atoms with Gasteiger partial charge in [-0.3, -0.25) is 4.79 Å². The highest BCUT2D eigenvalue weighted by atomic mass is 19.1. The number of aryl methyl sites for hydroxylation is 1. The van der Waals surface area contributed by atoms with Gasteiger partial charge in [0.05, 0.1) is 0 Å². The van der Waals surface area contributed by atoms with Crippen molar-refractivity contribution in [2.75, 3.05) is 5.32 Å². The Balaban J connectivity index is 1.71. The van der Waals surface area contributed by atoms with Gasteiger partial charge < -0.3 is 10.6 Å². The first-order valence-corrected chi connectivity index (χ1v) is 7.90. The topological polar surface area (TPSA) is 66.9 Å². The number of nitrogens with zero attached hydrogens (tertiary/aromatic N) is 2. The van der Waals surface area contributed by atoms with Gasteiger partial charge in [0, 0.05) is 18.3 Å². The third-order valence-corrected chi connectivity index (χ3v) is 3.53. The molecule has 3 aromatic rings. The maximum atomic E-state index is 13.3. The molecule has 1 amide bonds. The first kappa shape index (κ1) is 17.5. The van der Waals surface area contributed by atoms with E-state index in [1.807, 2.05) is 0 Å². The summed E-state index contributed by atoms with van der Waals surface area (Å²) in [4.78, 5) is 20.7. The zero-order valence-electron chi connectivity index (χ0n) is 14.0. The smallest absolute Gasteiger partial charge is 0.270 e. The average Bonchev–Trinajstić information content (AvgIpc) is 2.60. The number of hydrogen-bond donors (Lipinski definition) is 2.